The molecular weight excluding hydrogens is 210 g/mol. The molecule has 4 N–H and O–H groups in total. The molecule has 0 heterocycles. The van der Waals surface area contributed by atoms with Gasteiger partial charge in [0.15, 0.2) is 0 Å². The highest BCUT2D eigenvalue weighted by atomic mass is 16.5. The first-order chi connectivity index (χ1) is 7.51. The number of phenols is 1. The van der Waals surface area contributed by atoms with Crippen LogP contribution in [-0.2, 0) is 4.79 Å². The average molecular weight is 225 g/mol. The zero-order chi connectivity index (χ0) is 12.3. The molecule has 0 spiro atoms. The summed E-state index contributed by atoms with van der Waals surface area (Å²) in [6.45, 7) is 1.71. The topological polar surface area (TPSA) is 92.8 Å². The van der Waals surface area contributed by atoms with Crippen LogP contribution in [0.5, 0.6) is 11.5 Å². The molecule has 0 aromatic heterocycles. The summed E-state index contributed by atoms with van der Waals surface area (Å²) in [6, 6.07) is 2.98. The summed E-state index contributed by atoms with van der Waals surface area (Å²) in [4.78, 5) is 10.9. The lowest BCUT2D eigenvalue weighted by Crippen LogP contribution is -2.21. The third kappa shape index (κ3) is 2.25. The van der Waals surface area contributed by atoms with Crippen LogP contribution >= 0.6 is 0 Å². The summed E-state index contributed by atoms with van der Waals surface area (Å²) >= 11 is 0. The van der Waals surface area contributed by atoms with Gasteiger partial charge in [0.05, 0.1) is 13.0 Å². The number of methoxy groups -OCH3 is 1. The van der Waals surface area contributed by atoms with Crippen molar-refractivity contribution in [2.45, 2.75) is 12.8 Å². The highest BCUT2D eigenvalue weighted by Gasteiger charge is 2.22. The molecule has 0 saturated carbocycles. The van der Waals surface area contributed by atoms with Gasteiger partial charge in [-0.05, 0) is 18.6 Å². The van der Waals surface area contributed by atoms with Crippen molar-refractivity contribution in [2.24, 2.45) is 5.73 Å². The van der Waals surface area contributed by atoms with Crippen molar-refractivity contribution in [3.05, 3.63) is 23.3 Å². The van der Waals surface area contributed by atoms with E-state index in [1.165, 1.54) is 13.2 Å². The molecule has 0 fully saturated rings. The summed E-state index contributed by atoms with van der Waals surface area (Å²) < 4.78 is 5.02. The molecule has 1 aromatic rings. The molecule has 0 saturated heterocycles. The number of aryl methyl sites for hydroxylation is 1. The molecule has 1 aromatic carbocycles. The molecule has 0 amide bonds. The lowest BCUT2D eigenvalue weighted by molar-refractivity contribution is -0.138. The molecule has 0 bridgehead atoms. The third-order valence-electron chi connectivity index (χ3n) is 2.45. The molecular formula is C11H15NO4. The van der Waals surface area contributed by atoms with Crippen LogP contribution in [0.2, 0.25) is 0 Å². The highest BCUT2D eigenvalue weighted by molar-refractivity contribution is 5.77. The van der Waals surface area contributed by atoms with Crippen LogP contribution in [0.25, 0.3) is 0 Å². The van der Waals surface area contributed by atoms with Gasteiger partial charge in [-0.1, -0.05) is 0 Å². The van der Waals surface area contributed by atoms with Crippen molar-refractivity contribution in [2.75, 3.05) is 13.7 Å². The smallest absolute Gasteiger partial charge is 0.312 e. The molecule has 5 heteroatoms. The Labute approximate surface area is 93.5 Å². The normalized spacial score (nSPS) is 12.2. The van der Waals surface area contributed by atoms with Crippen molar-refractivity contribution in [3.63, 3.8) is 0 Å². The van der Waals surface area contributed by atoms with Gasteiger partial charge in [-0.25, -0.2) is 0 Å². The van der Waals surface area contributed by atoms with Gasteiger partial charge in [-0.2, -0.15) is 0 Å². The number of hydrogen-bond acceptors (Lipinski definition) is 4. The minimum atomic E-state index is -1.05. The number of aliphatic carboxylic acids is 1. The van der Waals surface area contributed by atoms with E-state index < -0.39 is 11.9 Å². The quantitative estimate of drug-likeness (QED) is 0.706. The van der Waals surface area contributed by atoms with E-state index in [1.54, 1.807) is 13.0 Å². The molecule has 88 valence electrons. The van der Waals surface area contributed by atoms with Crippen LogP contribution < -0.4 is 10.5 Å². The van der Waals surface area contributed by atoms with Crippen molar-refractivity contribution in [1.29, 1.82) is 0 Å². The maximum atomic E-state index is 10.9. The van der Waals surface area contributed by atoms with Crippen LogP contribution in [-0.4, -0.2) is 29.8 Å². The van der Waals surface area contributed by atoms with E-state index in [-0.39, 0.29) is 12.3 Å². The molecule has 0 radical (unpaired) electrons. The Morgan fingerprint density at radius 3 is 2.62 bits per heavy atom. The summed E-state index contributed by atoms with van der Waals surface area (Å²) in [6.07, 6.45) is 0. The van der Waals surface area contributed by atoms with Crippen LogP contribution in [0.15, 0.2) is 12.1 Å². The number of ether oxygens (including phenoxy) is 1. The summed E-state index contributed by atoms with van der Waals surface area (Å²) in [5.41, 5.74) is 6.44. The fourth-order valence-electron chi connectivity index (χ4n) is 1.56. The maximum Gasteiger partial charge on any atom is 0.312 e. The third-order valence-corrected chi connectivity index (χ3v) is 2.45. The van der Waals surface area contributed by atoms with Crippen molar-refractivity contribution < 1.29 is 19.7 Å². The predicted molar refractivity (Wildman–Crippen MR) is 58.8 cm³/mol. The van der Waals surface area contributed by atoms with Gasteiger partial charge in [0.2, 0.25) is 0 Å². The second-order valence-corrected chi connectivity index (χ2v) is 3.51. The number of phenolic OH excluding ortho intramolecular Hbond substituents is 1. The van der Waals surface area contributed by atoms with Gasteiger partial charge in [0.25, 0.3) is 0 Å². The van der Waals surface area contributed by atoms with Gasteiger partial charge < -0.3 is 20.7 Å². The van der Waals surface area contributed by atoms with E-state index >= 15 is 0 Å². The Balaban J connectivity index is 3.24. The number of carboxylic acids is 1. The van der Waals surface area contributed by atoms with Crippen molar-refractivity contribution in [3.8, 4) is 11.5 Å². The number of nitrogens with two attached hydrogens (primary N) is 1. The second-order valence-electron chi connectivity index (χ2n) is 3.51. The van der Waals surface area contributed by atoms with E-state index in [0.29, 0.717) is 11.3 Å². The van der Waals surface area contributed by atoms with Crippen LogP contribution in [0.4, 0.5) is 0 Å². The molecule has 0 aliphatic heterocycles. The van der Waals surface area contributed by atoms with Gasteiger partial charge >= 0.3 is 5.97 Å². The molecule has 1 atom stereocenters. The van der Waals surface area contributed by atoms with E-state index in [0.717, 1.165) is 5.56 Å². The van der Waals surface area contributed by atoms with Gasteiger partial charge in [-0.15, -0.1) is 0 Å². The Bertz CT molecular complexity index is 403. The molecule has 16 heavy (non-hydrogen) atoms. The first-order valence-corrected chi connectivity index (χ1v) is 4.81. The van der Waals surface area contributed by atoms with Crippen LogP contribution in [0.1, 0.15) is 17.0 Å². The Morgan fingerprint density at radius 2 is 2.19 bits per heavy atom. The number of carboxylic acid groups (broad SMARTS) is 1. The lowest BCUT2D eigenvalue weighted by atomic mass is 9.96. The number of aromatic hydroxyl groups is 1. The summed E-state index contributed by atoms with van der Waals surface area (Å²) in [5.74, 6) is -1.55. The summed E-state index contributed by atoms with van der Waals surface area (Å²) in [5, 5.41) is 18.6. The fourth-order valence-corrected chi connectivity index (χ4v) is 1.56. The minimum absolute atomic E-state index is 0.0609. The van der Waals surface area contributed by atoms with Crippen LogP contribution in [0.3, 0.4) is 0 Å². The Morgan fingerprint density at radius 1 is 1.56 bits per heavy atom. The first kappa shape index (κ1) is 12.3. The van der Waals surface area contributed by atoms with Crippen molar-refractivity contribution >= 4 is 5.97 Å². The zero-order valence-corrected chi connectivity index (χ0v) is 9.23. The monoisotopic (exact) mass is 225 g/mol. The standard InChI is InChI=1S/C11H15NO4/c1-6-3-7(8(5-12)11(14)15)9(13)4-10(6)16-2/h3-4,8,13H,5,12H2,1-2H3,(H,14,15). The van der Waals surface area contributed by atoms with Gasteiger partial charge in [0.1, 0.15) is 11.5 Å². The zero-order valence-electron chi connectivity index (χ0n) is 9.23. The number of rotatable bonds is 4. The predicted octanol–water partition coefficient (Wildman–Crippen LogP) is 0.836. The first-order valence-electron chi connectivity index (χ1n) is 4.81. The number of benzene rings is 1. The van der Waals surface area contributed by atoms with E-state index in [1.807, 2.05) is 0 Å². The van der Waals surface area contributed by atoms with Gasteiger partial charge in [-0.3, -0.25) is 4.79 Å². The second kappa shape index (κ2) is 4.85. The Hall–Kier alpha value is -1.75. The van der Waals surface area contributed by atoms with Crippen LogP contribution in [0, 0.1) is 6.92 Å². The molecule has 1 rings (SSSR count). The summed E-state index contributed by atoms with van der Waals surface area (Å²) in [7, 11) is 1.49. The minimum Gasteiger partial charge on any atom is -0.508 e. The largest absolute Gasteiger partial charge is 0.508 e. The molecule has 0 aliphatic rings. The fraction of sp³-hybridized carbons (Fsp3) is 0.364. The van der Waals surface area contributed by atoms with E-state index in [4.69, 9.17) is 15.6 Å². The van der Waals surface area contributed by atoms with E-state index in [2.05, 4.69) is 0 Å². The van der Waals surface area contributed by atoms with Crippen molar-refractivity contribution in [1.82, 2.24) is 0 Å². The molecule has 1 unspecified atom stereocenters. The van der Waals surface area contributed by atoms with Gasteiger partial charge in [0, 0.05) is 18.2 Å². The SMILES string of the molecule is COc1cc(O)c(C(CN)C(=O)O)cc1C. The van der Waals surface area contributed by atoms with E-state index in [9.17, 15) is 9.90 Å². The molecule has 0 aliphatic carbocycles. The molecule has 5 nitrogen and oxygen atoms in total. The average Bonchev–Trinajstić information content (AvgIpc) is 2.23. The maximum absolute atomic E-state index is 10.9. The number of hydrogen-bond donors (Lipinski definition) is 3. The Kier molecular flexibility index (Phi) is 3.73. The number of carbonyl (C=O) groups is 1. The highest BCUT2D eigenvalue weighted by Crippen LogP contribution is 2.32. The lowest BCUT2D eigenvalue weighted by Gasteiger charge is -2.14.